The van der Waals surface area contributed by atoms with Crippen molar-refractivity contribution in [3.63, 3.8) is 0 Å². The molecule has 1 aromatic heterocycles. The van der Waals surface area contributed by atoms with Crippen LogP contribution < -0.4 is 15.4 Å². The van der Waals surface area contributed by atoms with Crippen LogP contribution in [0.4, 0.5) is 0 Å². The van der Waals surface area contributed by atoms with Crippen molar-refractivity contribution in [3.05, 3.63) is 46.2 Å². The molecule has 166 valence electrons. The van der Waals surface area contributed by atoms with E-state index in [0.717, 1.165) is 50.9 Å². The summed E-state index contributed by atoms with van der Waals surface area (Å²) >= 11 is 1.78. The zero-order valence-corrected chi connectivity index (χ0v) is 20.6. The maximum absolute atomic E-state index is 9.97. The topological polar surface area (TPSA) is 78.4 Å². The molecule has 0 radical (unpaired) electrons. The van der Waals surface area contributed by atoms with Crippen LogP contribution in [0.25, 0.3) is 0 Å². The first kappa shape index (κ1) is 24.7. The smallest absolute Gasteiger partial charge is 0.191 e. The maximum atomic E-state index is 9.97. The van der Waals surface area contributed by atoms with Gasteiger partial charge in [-0.2, -0.15) is 0 Å². The standard InChI is InChI=1S/C21H30N4O3S.HI/c1-3-22-21(23-14-16-6-7-19(27-2)18(26)13-16)24-15-17(20-5-4-12-29-20)25-8-10-28-11-9-25;/h4-7,12-13,17,26H,3,8-11,14-15H2,1-2H3,(H2,22,23,24);1H. The quantitative estimate of drug-likeness (QED) is 0.268. The molecule has 2 aromatic rings. The first-order valence-electron chi connectivity index (χ1n) is 9.94. The number of methoxy groups -OCH3 is 1. The second kappa shape index (κ2) is 13.0. The van der Waals surface area contributed by atoms with Crippen molar-refractivity contribution < 1.29 is 14.6 Å². The molecule has 9 heteroatoms. The Labute approximate surface area is 199 Å². The van der Waals surface area contributed by atoms with Crippen molar-refractivity contribution in [2.45, 2.75) is 19.5 Å². The summed E-state index contributed by atoms with van der Waals surface area (Å²) in [6.07, 6.45) is 0. The molecule has 0 bridgehead atoms. The van der Waals surface area contributed by atoms with E-state index in [1.807, 2.05) is 6.07 Å². The zero-order chi connectivity index (χ0) is 20.5. The van der Waals surface area contributed by atoms with E-state index in [1.54, 1.807) is 30.6 Å². The summed E-state index contributed by atoms with van der Waals surface area (Å²) in [6, 6.07) is 9.93. The number of thiophene rings is 1. The fourth-order valence-electron chi connectivity index (χ4n) is 3.32. The minimum absolute atomic E-state index is 0. The van der Waals surface area contributed by atoms with Gasteiger partial charge in [0.15, 0.2) is 17.5 Å². The number of nitrogens with zero attached hydrogens (tertiary/aromatic N) is 2. The summed E-state index contributed by atoms with van der Waals surface area (Å²) in [4.78, 5) is 8.49. The Kier molecular flexibility index (Phi) is 10.7. The van der Waals surface area contributed by atoms with Crippen LogP contribution in [-0.4, -0.2) is 62.5 Å². The Hall–Kier alpha value is -1.56. The highest BCUT2D eigenvalue weighted by Gasteiger charge is 2.23. The summed E-state index contributed by atoms with van der Waals surface area (Å²) in [5.41, 5.74) is 0.920. The number of phenolic OH excluding ortho intramolecular Hbond substituents is 1. The van der Waals surface area contributed by atoms with Crippen molar-refractivity contribution in [2.24, 2.45) is 4.99 Å². The van der Waals surface area contributed by atoms with Gasteiger partial charge in [-0.25, -0.2) is 4.99 Å². The normalized spacial score (nSPS) is 15.9. The Balaban J connectivity index is 0.00000320. The summed E-state index contributed by atoms with van der Waals surface area (Å²) in [5.74, 6) is 1.35. The number of nitrogens with one attached hydrogen (secondary N) is 2. The van der Waals surface area contributed by atoms with Gasteiger partial charge in [-0.15, -0.1) is 35.3 Å². The number of halogens is 1. The van der Waals surface area contributed by atoms with Crippen LogP contribution in [0.2, 0.25) is 0 Å². The Morgan fingerprint density at radius 3 is 2.73 bits per heavy atom. The molecule has 0 spiro atoms. The number of hydrogen-bond donors (Lipinski definition) is 3. The van der Waals surface area contributed by atoms with E-state index in [0.29, 0.717) is 12.3 Å². The molecular weight excluding hydrogens is 515 g/mol. The maximum Gasteiger partial charge on any atom is 0.191 e. The van der Waals surface area contributed by atoms with Crippen LogP contribution in [0.15, 0.2) is 40.7 Å². The van der Waals surface area contributed by atoms with Crippen LogP contribution in [0.3, 0.4) is 0 Å². The molecule has 1 unspecified atom stereocenters. The highest BCUT2D eigenvalue weighted by atomic mass is 127. The van der Waals surface area contributed by atoms with E-state index in [4.69, 9.17) is 9.47 Å². The largest absolute Gasteiger partial charge is 0.504 e. The van der Waals surface area contributed by atoms with Gasteiger partial charge in [0.25, 0.3) is 0 Å². The first-order chi connectivity index (χ1) is 14.2. The van der Waals surface area contributed by atoms with Gasteiger partial charge in [0.1, 0.15) is 0 Å². The number of benzene rings is 1. The third kappa shape index (κ3) is 7.00. The second-order valence-electron chi connectivity index (χ2n) is 6.76. The predicted octanol–water partition coefficient (Wildman–Crippen LogP) is 3.21. The lowest BCUT2D eigenvalue weighted by Crippen LogP contribution is -2.46. The number of ether oxygens (including phenoxy) is 2. The molecule has 1 aromatic carbocycles. The molecule has 1 aliphatic rings. The Bertz CT molecular complexity index is 783. The Morgan fingerprint density at radius 1 is 1.30 bits per heavy atom. The molecule has 1 aliphatic heterocycles. The summed E-state index contributed by atoms with van der Waals surface area (Å²) in [7, 11) is 1.54. The lowest BCUT2D eigenvalue weighted by molar-refractivity contribution is 0.0177. The fourth-order valence-corrected chi connectivity index (χ4v) is 4.18. The third-order valence-electron chi connectivity index (χ3n) is 4.83. The van der Waals surface area contributed by atoms with Crippen LogP contribution in [0, 0.1) is 0 Å². The van der Waals surface area contributed by atoms with Gasteiger partial charge in [-0.05, 0) is 36.1 Å². The van der Waals surface area contributed by atoms with E-state index in [-0.39, 0.29) is 35.8 Å². The Morgan fingerprint density at radius 2 is 2.10 bits per heavy atom. The number of hydrogen-bond acceptors (Lipinski definition) is 6. The van der Waals surface area contributed by atoms with E-state index in [2.05, 4.69) is 45.0 Å². The lowest BCUT2D eigenvalue weighted by Gasteiger charge is -2.34. The number of rotatable bonds is 8. The van der Waals surface area contributed by atoms with Crippen LogP contribution in [0.1, 0.15) is 23.4 Å². The third-order valence-corrected chi connectivity index (χ3v) is 5.80. The van der Waals surface area contributed by atoms with E-state index in [9.17, 15) is 5.11 Å². The second-order valence-corrected chi connectivity index (χ2v) is 7.74. The minimum atomic E-state index is 0. The monoisotopic (exact) mass is 546 g/mol. The van der Waals surface area contributed by atoms with Gasteiger partial charge in [-0.1, -0.05) is 12.1 Å². The van der Waals surface area contributed by atoms with Crippen molar-refractivity contribution >= 4 is 41.3 Å². The number of phenols is 1. The van der Waals surface area contributed by atoms with Crippen molar-refractivity contribution in [2.75, 3.05) is 46.5 Å². The number of guanidine groups is 1. The van der Waals surface area contributed by atoms with Crippen LogP contribution in [-0.2, 0) is 11.3 Å². The van der Waals surface area contributed by atoms with Crippen molar-refractivity contribution in [3.8, 4) is 11.5 Å². The molecular formula is C21H31IN4O3S. The van der Waals surface area contributed by atoms with E-state index in [1.165, 1.54) is 4.88 Å². The van der Waals surface area contributed by atoms with Gasteiger partial charge >= 0.3 is 0 Å². The van der Waals surface area contributed by atoms with Crippen molar-refractivity contribution in [1.29, 1.82) is 0 Å². The van der Waals surface area contributed by atoms with Gasteiger partial charge in [0, 0.05) is 31.1 Å². The average Bonchev–Trinajstić information content (AvgIpc) is 3.27. The number of aliphatic imine (C=N–C) groups is 1. The summed E-state index contributed by atoms with van der Waals surface area (Å²) < 4.78 is 10.6. The molecule has 3 rings (SSSR count). The minimum Gasteiger partial charge on any atom is -0.504 e. The molecule has 7 nitrogen and oxygen atoms in total. The molecule has 0 aliphatic carbocycles. The zero-order valence-electron chi connectivity index (χ0n) is 17.5. The number of morpholine rings is 1. The predicted molar refractivity (Wildman–Crippen MR) is 132 cm³/mol. The molecule has 30 heavy (non-hydrogen) atoms. The van der Waals surface area contributed by atoms with Crippen LogP contribution >= 0.6 is 35.3 Å². The highest BCUT2D eigenvalue weighted by Crippen LogP contribution is 2.27. The summed E-state index contributed by atoms with van der Waals surface area (Å²) in [6.45, 7) is 7.48. The lowest BCUT2D eigenvalue weighted by atomic mass is 10.2. The SMILES string of the molecule is CCNC(=NCc1ccc(OC)c(O)c1)NCC(c1cccs1)N1CCOCC1.I. The molecule has 1 atom stereocenters. The van der Waals surface area contributed by atoms with Crippen molar-refractivity contribution in [1.82, 2.24) is 15.5 Å². The van der Waals surface area contributed by atoms with Gasteiger partial charge < -0.3 is 25.2 Å². The summed E-state index contributed by atoms with van der Waals surface area (Å²) in [5, 5.41) is 18.9. The van der Waals surface area contributed by atoms with Gasteiger partial charge in [0.2, 0.25) is 0 Å². The molecule has 3 N–H and O–H groups in total. The molecule has 0 amide bonds. The van der Waals surface area contributed by atoms with Gasteiger partial charge in [0.05, 0.1) is 32.9 Å². The first-order valence-corrected chi connectivity index (χ1v) is 10.8. The van der Waals surface area contributed by atoms with Crippen LogP contribution in [0.5, 0.6) is 11.5 Å². The molecule has 2 heterocycles. The average molecular weight is 546 g/mol. The fraction of sp³-hybridized carbons (Fsp3) is 0.476. The van der Waals surface area contributed by atoms with E-state index >= 15 is 0 Å². The van der Waals surface area contributed by atoms with E-state index < -0.39 is 0 Å². The molecule has 1 fully saturated rings. The number of aromatic hydroxyl groups is 1. The van der Waals surface area contributed by atoms with Gasteiger partial charge in [-0.3, -0.25) is 4.90 Å². The highest BCUT2D eigenvalue weighted by molar-refractivity contribution is 14.0. The molecule has 0 saturated carbocycles. The molecule has 1 saturated heterocycles.